The molecule has 30 heavy (non-hydrogen) atoms. The van der Waals surface area contributed by atoms with Crippen molar-refractivity contribution in [2.75, 3.05) is 0 Å². The van der Waals surface area contributed by atoms with E-state index in [2.05, 4.69) is 6.58 Å². The van der Waals surface area contributed by atoms with Gasteiger partial charge in [-0.05, 0) is 80.5 Å². The van der Waals surface area contributed by atoms with Gasteiger partial charge in [-0.25, -0.2) is 0 Å². The molecule has 2 nitrogen and oxygen atoms in total. The normalized spacial score (nSPS) is 20.3. The Morgan fingerprint density at radius 2 is 1.73 bits per heavy atom. The SMILES string of the molecule is C=CCCC1CCC(c2ccc(C(F)(F)OC(C)c3ccc(C#N)cc3)cc2)CC1. The molecule has 0 heterocycles. The highest BCUT2D eigenvalue weighted by Gasteiger charge is 2.35. The molecule has 1 fully saturated rings. The predicted molar refractivity (Wildman–Crippen MR) is 115 cm³/mol. The molecule has 2 aromatic rings. The molecule has 0 N–H and O–H groups in total. The molecule has 1 unspecified atom stereocenters. The topological polar surface area (TPSA) is 33.0 Å². The number of hydrogen-bond donors (Lipinski definition) is 0. The summed E-state index contributed by atoms with van der Waals surface area (Å²) in [7, 11) is 0. The second-order valence-corrected chi connectivity index (χ2v) is 8.22. The van der Waals surface area contributed by atoms with E-state index < -0.39 is 12.2 Å². The van der Waals surface area contributed by atoms with Crippen molar-refractivity contribution in [2.45, 2.75) is 63.6 Å². The second-order valence-electron chi connectivity index (χ2n) is 8.22. The molecule has 0 spiro atoms. The van der Waals surface area contributed by atoms with Crippen LogP contribution in [0.3, 0.4) is 0 Å². The Balaban J connectivity index is 1.60. The van der Waals surface area contributed by atoms with Crippen molar-refractivity contribution < 1.29 is 13.5 Å². The van der Waals surface area contributed by atoms with Crippen LogP contribution in [0.4, 0.5) is 8.78 Å². The number of alkyl halides is 2. The van der Waals surface area contributed by atoms with Crippen LogP contribution in [0.15, 0.2) is 61.2 Å². The van der Waals surface area contributed by atoms with Crippen LogP contribution in [0.2, 0.25) is 0 Å². The van der Waals surface area contributed by atoms with Crippen molar-refractivity contribution in [1.29, 1.82) is 5.26 Å². The lowest BCUT2D eigenvalue weighted by Crippen LogP contribution is -2.20. The Morgan fingerprint density at radius 3 is 2.30 bits per heavy atom. The monoisotopic (exact) mass is 409 g/mol. The van der Waals surface area contributed by atoms with E-state index in [1.165, 1.54) is 31.4 Å². The van der Waals surface area contributed by atoms with Crippen molar-refractivity contribution in [3.05, 3.63) is 83.4 Å². The number of halogens is 2. The molecule has 2 aromatic carbocycles. The van der Waals surface area contributed by atoms with Gasteiger partial charge in [0.05, 0.1) is 23.3 Å². The fourth-order valence-corrected chi connectivity index (χ4v) is 4.27. The largest absolute Gasteiger partial charge is 0.383 e. The maximum absolute atomic E-state index is 14.7. The summed E-state index contributed by atoms with van der Waals surface area (Å²) in [6.07, 6.45) is 4.70. The Hall–Kier alpha value is -2.51. The summed E-state index contributed by atoms with van der Waals surface area (Å²) in [5.41, 5.74) is 2.10. The average molecular weight is 410 g/mol. The zero-order valence-corrected chi connectivity index (χ0v) is 17.5. The van der Waals surface area contributed by atoms with Gasteiger partial charge in [-0.2, -0.15) is 14.0 Å². The van der Waals surface area contributed by atoms with Crippen molar-refractivity contribution in [2.24, 2.45) is 5.92 Å². The van der Waals surface area contributed by atoms with Crippen LogP contribution >= 0.6 is 0 Å². The molecule has 1 aliphatic carbocycles. The Bertz CT molecular complexity index is 859. The third-order valence-corrected chi connectivity index (χ3v) is 6.18. The number of benzene rings is 2. The minimum atomic E-state index is -3.38. The Morgan fingerprint density at radius 1 is 1.10 bits per heavy atom. The minimum Gasteiger partial charge on any atom is -0.309 e. The van der Waals surface area contributed by atoms with E-state index in [-0.39, 0.29) is 5.56 Å². The third kappa shape index (κ3) is 5.55. The summed E-state index contributed by atoms with van der Waals surface area (Å²) in [6, 6.07) is 15.2. The summed E-state index contributed by atoms with van der Waals surface area (Å²) >= 11 is 0. The molecule has 0 radical (unpaired) electrons. The van der Waals surface area contributed by atoms with Crippen molar-refractivity contribution in [3.63, 3.8) is 0 Å². The molecule has 1 saturated carbocycles. The molecular formula is C26H29F2NO. The predicted octanol–water partition coefficient (Wildman–Crippen LogP) is 7.63. The summed E-state index contributed by atoms with van der Waals surface area (Å²) in [4.78, 5) is 0. The highest BCUT2D eigenvalue weighted by molar-refractivity contribution is 5.32. The van der Waals surface area contributed by atoms with E-state index in [0.29, 0.717) is 17.0 Å². The first-order valence-corrected chi connectivity index (χ1v) is 10.7. The number of hydrogen-bond acceptors (Lipinski definition) is 2. The van der Waals surface area contributed by atoms with Gasteiger partial charge in [0.2, 0.25) is 0 Å². The third-order valence-electron chi connectivity index (χ3n) is 6.18. The van der Waals surface area contributed by atoms with Crippen LogP contribution < -0.4 is 0 Å². The summed E-state index contributed by atoms with van der Waals surface area (Å²) in [6.45, 7) is 5.39. The van der Waals surface area contributed by atoms with Crippen LogP contribution in [0.1, 0.15) is 79.7 Å². The number of nitrogens with zero attached hydrogens (tertiary/aromatic N) is 1. The molecule has 0 bridgehead atoms. The molecule has 0 amide bonds. The van der Waals surface area contributed by atoms with E-state index in [9.17, 15) is 8.78 Å². The molecule has 0 aliphatic heterocycles. The van der Waals surface area contributed by atoms with Gasteiger partial charge < -0.3 is 4.74 Å². The van der Waals surface area contributed by atoms with Crippen LogP contribution in [-0.2, 0) is 10.8 Å². The van der Waals surface area contributed by atoms with Gasteiger partial charge in [-0.1, -0.05) is 42.5 Å². The van der Waals surface area contributed by atoms with E-state index in [1.807, 2.05) is 24.3 Å². The van der Waals surface area contributed by atoms with Crippen LogP contribution in [0, 0.1) is 17.2 Å². The van der Waals surface area contributed by atoms with Gasteiger partial charge >= 0.3 is 6.11 Å². The van der Waals surface area contributed by atoms with Crippen LogP contribution in [0.5, 0.6) is 0 Å². The van der Waals surface area contributed by atoms with Gasteiger partial charge in [0.1, 0.15) is 0 Å². The van der Waals surface area contributed by atoms with Crippen LogP contribution in [-0.4, -0.2) is 0 Å². The van der Waals surface area contributed by atoms with Gasteiger partial charge in [0.25, 0.3) is 0 Å². The van der Waals surface area contributed by atoms with Crippen molar-refractivity contribution >= 4 is 0 Å². The Kier molecular flexibility index (Phi) is 7.39. The lowest BCUT2D eigenvalue weighted by Gasteiger charge is -2.29. The summed E-state index contributed by atoms with van der Waals surface area (Å²) in [5, 5.41) is 8.86. The van der Waals surface area contributed by atoms with E-state index in [4.69, 9.17) is 10.00 Å². The maximum atomic E-state index is 14.7. The molecule has 1 atom stereocenters. The Labute approximate surface area is 178 Å². The first kappa shape index (κ1) is 22.2. The van der Waals surface area contributed by atoms with E-state index in [0.717, 1.165) is 30.7 Å². The average Bonchev–Trinajstić information content (AvgIpc) is 2.78. The lowest BCUT2D eigenvalue weighted by molar-refractivity contribution is -0.272. The molecule has 0 aromatic heterocycles. The maximum Gasteiger partial charge on any atom is 0.383 e. The zero-order chi connectivity index (χ0) is 21.6. The van der Waals surface area contributed by atoms with Gasteiger partial charge in [-0.3, -0.25) is 0 Å². The fourth-order valence-electron chi connectivity index (χ4n) is 4.27. The summed E-state index contributed by atoms with van der Waals surface area (Å²) < 4.78 is 34.5. The first-order chi connectivity index (χ1) is 14.4. The quantitative estimate of drug-likeness (QED) is 0.420. The molecule has 4 heteroatoms. The van der Waals surface area contributed by atoms with Gasteiger partial charge in [0, 0.05) is 0 Å². The molecule has 0 saturated heterocycles. The standard InChI is InChI=1S/C26H29F2NO/c1-3-4-5-20-6-12-23(13-7-20)24-14-16-25(17-15-24)26(27,28)30-19(2)22-10-8-21(18-29)9-11-22/h3,8-11,14-17,19-20,23H,1,4-7,12-13H2,2H3. The molecule has 3 rings (SSSR count). The molecule has 158 valence electrons. The van der Waals surface area contributed by atoms with Crippen molar-refractivity contribution in [1.82, 2.24) is 0 Å². The molecule has 1 aliphatic rings. The first-order valence-electron chi connectivity index (χ1n) is 10.7. The highest BCUT2D eigenvalue weighted by Crippen LogP contribution is 2.39. The van der Waals surface area contributed by atoms with Gasteiger partial charge in [0.15, 0.2) is 0 Å². The lowest BCUT2D eigenvalue weighted by atomic mass is 9.77. The minimum absolute atomic E-state index is 0.133. The number of allylic oxidation sites excluding steroid dienone is 1. The smallest absolute Gasteiger partial charge is 0.309 e. The van der Waals surface area contributed by atoms with Gasteiger partial charge in [-0.15, -0.1) is 6.58 Å². The highest BCUT2D eigenvalue weighted by atomic mass is 19.3. The molecular weight excluding hydrogens is 380 g/mol. The van der Waals surface area contributed by atoms with Crippen molar-refractivity contribution in [3.8, 4) is 6.07 Å². The van der Waals surface area contributed by atoms with E-state index in [1.54, 1.807) is 31.2 Å². The summed E-state index contributed by atoms with van der Waals surface area (Å²) in [5.74, 6) is 1.21. The van der Waals surface area contributed by atoms with E-state index >= 15 is 0 Å². The van der Waals surface area contributed by atoms with Crippen LogP contribution in [0.25, 0.3) is 0 Å². The number of rotatable bonds is 8. The second kappa shape index (κ2) is 10.00. The number of nitriles is 1. The zero-order valence-electron chi connectivity index (χ0n) is 17.5. The number of ether oxygens (including phenoxy) is 1. The fraction of sp³-hybridized carbons (Fsp3) is 0.423.